The molecule has 0 N–H and O–H groups in total. The maximum absolute atomic E-state index is 13.4. The van der Waals surface area contributed by atoms with Gasteiger partial charge in [0.1, 0.15) is 0 Å². The maximum Gasteiger partial charge on any atom is 0.253 e. The Balaban J connectivity index is 1.60. The number of nitrogens with zero attached hydrogens (tertiary/aromatic N) is 2. The van der Waals surface area contributed by atoms with Crippen LogP contribution in [0.2, 0.25) is 5.02 Å². The summed E-state index contributed by atoms with van der Waals surface area (Å²) in [5.74, 6) is 0.0692. The van der Waals surface area contributed by atoms with Gasteiger partial charge in [-0.25, -0.2) is 4.21 Å². The van der Waals surface area contributed by atoms with Crippen molar-refractivity contribution in [2.45, 2.75) is 30.7 Å². The second-order valence-corrected chi connectivity index (χ2v) is 9.47. The summed E-state index contributed by atoms with van der Waals surface area (Å²) in [6.45, 7) is 2.10. The first-order chi connectivity index (χ1) is 15.1. The normalized spacial score (nSPS) is 14.8. The van der Waals surface area contributed by atoms with Gasteiger partial charge in [-0.05, 0) is 73.4 Å². The first-order valence-electron chi connectivity index (χ1n) is 10.5. The molecule has 1 aliphatic rings. The van der Waals surface area contributed by atoms with Gasteiger partial charge in [-0.15, -0.1) is 0 Å². The molecule has 1 saturated heterocycles. The SMILES string of the molecule is O=C(c1ccc(N(Cc2ccc(Cl)cc2)S(=O)c2ccccc2)cc1)N1CCCCC1. The zero-order valence-corrected chi connectivity index (χ0v) is 18.8. The minimum absolute atomic E-state index is 0.0692. The molecule has 0 saturated carbocycles. The van der Waals surface area contributed by atoms with Crippen LogP contribution < -0.4 is 4.31 Å². The van der Waals surface area contributed by atoms with Crippen molar-refractivity contribution in [2.24, 2.45) is 0 Å². The van der Waals surface area contributed by atoms with E-state index in [2.05, 4.69) is 0 Å². The van der Waals surface area contributed by atoms with Crippen molar-refractivity contribution in [3.63, 3.8) is 0 Å². The Labute approximate surface area is 191 Å². The highest BCUT2D eigenvalue weighted by Crippen LogP contribution is 2.25. The summed E-state index contributed by atoms with van der Waals surface area (Å²) >= 11 is 6.03. The number of amides is 1. The number of halogens is 1. The molecule has 0 aromatic heterocycles. The molecule has 4 rings (SSSR count). The standard InChI is InChI=1S/C25H25ClN2O2S/c26-22-13-9-20(10-14-22)19-28(31(30)24-7-3-1-4-8-24)23-15-11-21(12-16-23)25(29)27-17-5-2-6-18-27/h1,3-4,7-16H,2,5-6,17-19H2. The highest BCUT2D eigenvalue weighted by Gasteiger charge is 2.20. The van der Waals surface area contributed by atoms with Gasteiger partial charge in [0.15, 0.2) is 11.0 Å². The van der Waals surface area contributed by atoms with E-state index in [1.807, 2.05) is 88.1 Å². The summed E-state index contributed by atoms with van der Waals surface area (Å²) in [6, 6.07) is 24.4. The van der Waals surface area contributed by atoms with Gasteiger partial charge in [0.2, 0.25) is 0 Å². The molecular formula is C25H25ClN2O2S. The minimum atomic E-state index is -1.39. The van der Waals surface area contributed by atoms with Crippen LogP contribution in [0.25, 0.3) is 0 Å². The predicted octanol–water partition coefficient (Wildman–Crippen LogP) is 5.70. The zero-order chi connectivity index (χ0) is 21.6. The van der Waals surface area contributed by atoms with Gasteiger partial charge in [0.25, 0.3) is 5.91 Å². The van der Waals surface area contributed by atoms with Gasteiger partial charge in [0, 0.05) is 23.7 Å². The maximum atomic E-state index is 13.4. The van der Waals surface area contributed by atoms with Crippen molar-refractivity contribution in [1.29, 1.82) is 0 Å². The van der Waals surface area contributed by atoms with E-state index in [-0.39, 0.29) is 5.91 Å². The molecule has 0 spiro atoms. The molecule has 1 amide bonds. The van der Waals surface area contributed by atoms with Crippen LogP contribution in [0.4, 0.5) is 5.69 Å². The highest BCUT2D eigenvalue weighted by molar-refractivity contribution is 7.86. The fraction of sp³-hybridized carbons (Fsp3) is 0.240. The second kappa shape index (κ2) is 10.1. The molecule has 160 valence electrons. The van der Waals surface area contributed by atoms with Gasteiger partial charge in [-0.2, -0.15) is 0 Å². The van der Waals surface area contributed by atoms with Crippen LogP contribution in [0.15, 0.2) is 83.8 Å². The molecule has 31 heavy (non-hydrogen) atoms. The lowest BCUT2D eigenvalue weighted by Gasteiger charge is -2.27. The molecular weight excluding hydrogens is 428 g/mol. The number of carbonyl (C=O) groups excluding carboxylic acids is 1. The van der Waals surface area contributed by atoms with Crippen LogP contribution in [0, 0.1) is 0 Å². The van der Waals surface area contributed by atoms with Crippen molar-refractivity contribution >= 4 is 34.2 Å². The molecule has 1 fully saturated rings. The van der Waals surface area contributed by atoms with E-state index in [1.54, 1.807) is 0 Å². The molecule has 3 aromatic carbocycles. The number of rotatable bonds is 6. The fourth-order valence-electron chi connectivity index (χ4n) is 3.72. The second-order valence-electron chi connectivity index (χ2n) is 7.63. The lowest BCUT2D eigenvalue weighted by molar-refractivity contribution is 0.0724. The lowest BCUT2D eigenvalue weighted by atomic mass is 10.1. The zero-order valence-electron chi connectivity index (χ0n) is 17.2. The van der Waals surface area contributed by atoms with E-state index < -0.39 is 11.0 Å². The van der Waals surface area contributed by atoms with E-state index >= 15 is 0 Å². The number of hydrogen-bond acceptors (Lipinski definition) is 2. The number of carbonyl (C=O) groups is 1. The quantitative estimate of drug-likeness (QED) is 0.481. The third kappa shape index (κ3) is 5.35. The summed E-state index contributed by atoms with van der Waals surface area (Å²) in [5, 5.41) is 0.667. The van der Waals surface area contributed by atoms with Gasteiger partial charge >= 0.3 is 0 Å². The summed E-state index contributed by atoms with van der Waals surface area (Å²) in [6.07, 6.45) is 3.32. The van der Waals surface area contributed by atoms with Crippen molar-refractivity contribution < 1.29 is 9.00 Å². The largest absolute Gasteiger partial charge is 0.339 e. The monoisotopic (exact) mass is 452 g/mol. The summed E-state index contributed by atoms with van der Waals surface area (Å²) in [7, 11) is -1.39. The van der Waals surface area contributed by atoms with Crippen LogP contribution in [-0.4, -0.2) is 28.1 Å². The van der Waals surface area contributed by atoms with Crippen LogP contribution in [-0.2, 0) is 17.5 Å². The molecule has 4 nitrogen and oxygen atoms in total. The Hall–Kier alpha value is -2.63. The Morgan fingerprint density at radius 1 is 0.871 bits per heavy atom. The van der Waals surface area contributed by atoms with E-state index in [0.717, 1.165) is 42.1 Å². The molecule has 1 heterocycles. The van der Waals surface area contributed by atoms with E-state index in [1.165, 1.54) is 6.42 Å². The van der Waals surface area contributed by atoms with E-state index in [9.17, 15) is 9.00 Å². The first kappa shape index (κ1) is 21.6. The molecule has 3 aromatic rings. The highest BCUT2D eigenvalue weighted by atomic mass is 35.5. The van der Waals surface area contributed by atoms with E-state index in [0.29, 0.717) is 17.1 Å². The molecule has 1 atom stereocenters. The third-order valence-electron chi connectivity index (χ3n) is 5.43. The predicted molar refractivity (Wildman–Crippen MR) is 127 cm³/mol. The number of hydrogen-bond donors (Lipinski definition) is 0. The Morgan fingerprint density at radius 3 is 2.16 bits per heavy atom. The van der Waals surface area contributed by atoms with Crippen LogP contribution in [0.5, 0.6) is 0 Å². The molecule has 0 aliphatic carbocycles. The average Bonchev–Trinajstić information content (AvgIpc) is 2.84. The number of likely N-dealkylation sites (tertiary alicyclic amines) is 1. The molecule has 6 heteroatoms. The van der Waals surface area contributed by atoms with E-state index in [4.69, 9.17) is 11.6 Å². The molecule has 1 aliphatic heterocycles. The summed E-state index contributed by atoms with van der Waals surface area (Å²) < 4.78 is 15.3. The summed E-state index contributed by atoms with van der Waals surface area (Å²) in [4.78, 5) is 15.4. The average molecular weight is 453 g/mol. The van der Waals surface area contributed by atoms with Crippen LogP contribution >= 0.6 is 11.6 Å². The number of anilines is 1. The fourth-order valence-corrected chi connectivity index (χ4v) is 5.07. The third-order valence-corrected chi connectivity index (χ3v) is 7.10. The van der Waals surface area contributed by atoms with Gasteiger partial charge in [-0.1, -0.05) is 41.9 Å². The van der Waals surface area contributed by atoms with Crippen LogP contribution in [0.3, 0.4) is 0 Å². The van der Waals surface area contributed by atoms with Gasteiger partial charge in [0.05, 0.1) is 17.1 Å². The van der Waals surface area contributed by atoms with Gasteiger partial charge < -0.3 is 4.90 Å². The Bertz CT molecular complexity index is 1030. The first-order valence-corrected chi connectivity index (χ1v) is 12.0. The topological polar surface area (TPSA) is 40.6 Å². The number of benzene rings is 3. The summed E-state index contributed by atoms with van der Waals surface area (Å²) in [5.41, 5.74) is 2.47. The molecule has 1 unspecified atom stereocenters. The minimum Gasteiger partial charge on any atom is -0.339 e. The molecule has 0 bridgehead atoms. The Morgan fingerprint density at radius 2 is 1.52 bits per heavy atom. The molecule has 0 radical (unpaired) electrons. The smallest absolute Gasteiger partial charge is 0.253 e. The van der Waals surface area contributed by atoms with Crippen molar-refractivity contribution in [2.75, 3.05) is 17.4 Å². The Kier molecular flexibility index (Phi) is 7.05. The lowest BCUT2D eigenvalue weighted by Crippen LogP contribution is -2.35. The van der Waals surface area contributed by atoms with Gasteiger partial charge in [-0.3, -0.25) is 9.10 Å². The van der Waals surface area contributed by atoms with Crippen molar-refractivity contribution in [3.8, 4) is 0 Å². The van der Waals surface area contributed by atoms with Crippen LogP contribution in [0.1, 0.15) is 35.2 Å². The van der Waals surface area contributed by atoms with Crippen molar-refractivity contribution in [1.82, 2.24) is 4.90 Å². The number of piperidine rings is 1. The van der Waals surface area contributed by atoms with Crippen molar-refractivity contribution in [3.05, 3.63) is 95.0 Å².